The molecule has 0 aromatic heterocycles. The fourth-order valence-corrected chi connectivity index (χ4v) is 2.01. The van der Waals surface area contributed by atoms with Gasteiger partial charge in [-0.15, -0.1) is 19.4 Å². The quantitative estimate of drug-likeness (QED) is 0.320. The minimum absolute atomic E-state index is 1.16. The van der Waals surface area contributed by atoms with Crippen LogP contribution in [0.4, 0.5) is 0 Å². The number of hydrogen-bond acceptors (Lipinski definition) is 1. The van der Waals surface area contributed by atoms with Gasteiger partial charge in [-0.25, -0.2) is 0 Å². The summed E-state index contributed by atoms with van der Waals surface area (Å²) in [6.07, 6.45) is 18.1. The largest absolute Gasteiger partial charge is 0.299 e. The highest BCUT2D eigenvalue weighted by Gasteiger charge is 2.08. The Morgan fingerprint density at radius 1 is 0.870 bits per heavy atom. The molecule has 0 saturated carbocycles. The van der Waals surface area contributed by atoms with Gasteiger partial charge < -0.3 is 0 Å². The highest BCUT2D eigenvalue weighted by molar-refractivity contribution is 5.15. The highest BCUT2D eigenvalue weighted by atomic mass is 15.1. The molecule has 0 N–H and O–H groups in total. The van der Waals surface area contributed by atoms with Gasteiger partial charge in [0, 0.05) is 6.54 Å². The zero-order valence-corrected chi connectivity index (χ0v) is 16.9. The molecule has 1 heterocycles. The van der Waals surface area contributed by atoms with Gasteiger partial charge in [0.2, 0.25) is 0 Å². The van der Waals surface area contributed by atoms with Crippen LogP contribution in [-0.4, -0.2) is 24.5 Å². The van der Waals surface area contributed by atoms with Crippen LogP contribution < -0.4 is 0 Å². The number of rotatable bonds is 3. The molecular formula is C22H41N. The summed E-state index contributed by atoms with van der Waals surface area (Å²) in [6.45, 7) is 21.8. The maximum atomic E-state index is 4.00. The minimum Gasteiger partial charge on any atom is -0.299 e. The van der Waals surface area contributed by atoms with Gasteiger partial charge in [0.1, 0.15) is 0 Å². The van der Waals surface area contributed by atoms with E-state index in [1.807, 2.05) is 27.7 Å². The fraction of sp³-hybridized carbons (Fsp3) is 0.636. The third kappa shape index (κ3) is 26.0. The first kappa shape index (κ1) is 26.6. The van der Waals surface area contributed by atoms with Crippen molar-refractivity contribution in [2.24, 2.45) is 0 Å². The van der Waals surface area contributed by atoms with Gasteiger partial charge in [-0.1, -0.05) is 55.6 Å². The van der Waals surface area contributed by atoms with Crippen molar-refractivity contribution in [2.45, 2.75) is 74.1 Å². The summed E-state index contributed by atoms with van der Waals surface area (Å²) in [4.78, 5) is 2.59. The van der Waals surface area contributed by atoms with E-state index < -0.39 is 0 Å². The lowest BCUT2D eigenvalue weighted by molar-refractivity contribution is 0.309. The molecule has 0 amide bonds. The van der Waals surface area contributed by atoms with Crippen molar-refractivity contribution in [3.63, 3.8) is 0 Å². The first-order valence-corrected chi connectivity index (χ1v) is 8.90. The van der Waals surface area contributed by atoms with Crippen LogP contribution in [-0.2, 0) is 0 Å². The molecule has 1 rings (SSSR count). The molecule has 1 aliphatic rings. The second-order valence-electron chi connectivity index (χ2n) is 6.15. The van der Waals surface area contributed by atoms with Crippen LogP contribution in [0.3, 0.4) is 0 Å². The first-order chi connectivity index (χ1) is 10.9. The zero-order valence-electron chi connectivity index (χ0n) is 16.9. The predicted molar refractivity (Wildman–Crippen MR) is 110 cm³/mol. The Kier molecular flexibility index (Phi) is 24.0. The molecule has 0 radical (unpaired) electrons. The normalized spacial score (nSPS) is 14.4. The van der Waals surface area contributed by atoms with Crippen molar-refractivity contribution in [2.75, 3.05) is 19.6 Å². The van der Waals surface area contributed by atoms with E-state index in [-0.39, 0.29) is 0 Å². The van der Waals surface area contributed by atoms with Crippen LogP contribution in [0, 0.1) is 12.8 Å². The molecule has 23 heavy (non-hydrogen) atoms. The Morgan fingerprint density at radius 2 is 1.26 bits per heavy atom. The third-order valence-electron chi connectivity index (χ3n) is 2.87. The van der Waals surface area contributed by atoms with Gasteiger partial charge in [0.05, 0.1) is 0 Å². The average molecular weight is 320 g/mol. The monoisotopic (exact) mass is 319 g/mol. The molecule has 1 saturated heterocycles. The number of allylic oxidation sites excluding steroid dienone is 4. The first-order valence-electron chi connectivity index (χ1n) is 8.90. The highest BCUT2D eigenvalue weighted by Crippen LogP contribution is 2.11. The van der Waals surface area contributed by atoms with E-state index in [1.165, 1.54) is 55.5 Å². The standard InChI is InChI=1S/C14H25N.C4H8.C2H6.C2H2/c1-13(2)8-9-14(3)12-15-10-6-4-5-7-11-15;1-4(2)3;2*1-2/h8-9H,4-7,10-12H2,1-3H3;1H2,2-3H3;1-2H3;1-2H/b14-9+;;;. The maximum absolute atomic E-state index is 4.00. The predicted octanol–water partition coefficient (Wildman–Crippen LogP) is 6.63. The number of hydrogen-bond donors (Lipinski definition) is 0. The van der Waals surface area contributed by atoms with Crippen molar-refractivity contribution < 1.29 is 0 Å². The lowest BCUT2D eigenvalue weighted by Crippen LogP contribution is -2.26. The summed E-state index contributed by atoms with van der Waals surface area (Å²) >= 11 is 0. The second-order valence-corrected chi connectivity index (χ2v) is 6.15. The van der Waals surface area contributed by atoms with E-state index >= 15 is 0 Å². The zero-order chi connectivity index (χ0) is 18.7. The van der Waals surface area contributed by atoms with Crippen LogP contribution in [0.15, 0.2) is 35.5 Å². The summed E-state index contributed by atoms with van der Waals surface area (Å²) in [5, 5.41) is 0. The summed E-state index contributed by atoms with van der Waals surface area (Å²) in [7, 11) is 0. The van der Waals surface area contributed by atoms with Crippen molar-refractivity contribution in [3.05, 3.63) is 35.5 Å². The lowest BCUT2D eigenvalue weighted by atomic mass is 10.2. The molecule has 0 spiro atoms. The van der Waals surface area contributed by atoms with Crippen molar-refractivity contribution in [1.29, 1.82) is 0 Å². The Balaban J connectivity index is -0.000000426. The SMILES string of the molecule is C#C.C=C(C)C.CC.CC(C)=C/C=C(\C)CN1CCCCCC1. The van der Waals surface area contributed by atoms with Crippen LogP contribution >= 0.6 is 0 Å². The summed E-state index contributed by atoms with van der Waals surface area (Å²) in [5.74, 6) is 0. The number of nitrogens with zero attached hydrogens (tertiary/aromatic N) is 1. The van der Waals surface area contributed by atoms with Gasteiger partial charge in [-0.3, -0.25) is 4.90 Å². The maximum Gasteiger partial charge on any atom is 0.0193 e. The third-order valence-corrected chi connectivity index (χ3v) is 2.87. The van der Waals surface area contributed by atoms with Crippen LogP contribution in [0.2, 0.25) is 0 Å². The second kappa shape index (κ2) is 20.7. The molecule has 0 aromatic carbocycles. The number of terminal acetylenes is 1. The molecule has 1 heteroatoms. The Hall–Kier alpha value is -1.26. The van der Waals surface area contributed by atoms with E-state index in [9.17, 15) is 0 Å². The fourth-order valence-electron chi connectivity index (χ4n) is 2.01. The summed E-state index contributed by atoms with van der Waals surface area (Å²) in [6, 6.07) is 0. The van der Waals surface area contributed by atoms with E-state index in [2.05, 4.69) is 57.2 Å². The van der Waals surface area contributed by atoms with Gasteiger partial charge >= 0.3 is 0 Å². The van der Waals surface area contributed by atoms with Crippen molar-refractivity contribution in [1.82, 2.24) is 4.90 Å². The molecule has 134 valence electrons. The minimum atomic E-state index is 1.16. The van der Waals surface area contributed by atoms with Crippen molar-refractivity contribution in [3.8, 4) is 12.8 Å². The molecule has 0 aliphatic carbocycles. The Labute approximate surface area is 147 Å². The molecule has 1 aliphatic heterocycles. The molecular weight excluding hydrogens is 278 g/mol. The summed E-state index contributed by atoms with van der Waals surface area (Å²) in [5.41, 5.74) is 4.03. The van der Waals surface area contributed by atoms with Crippen LogP contribution in [0.1, 0.15) is 74.1 Å². The van der Waals surface area contributed by atoms with Crippen LogP contribution in [0.5, 0.6) is 0 Å². The van der Waals surface area contributed by atoms with Gasteiger partial charge in [0.25, 0.3) is 0 Å². The lowest BCUT2D eigenvalue weighted by Gasteiger charge is -2.19. The molecule has 1 fully saturated rings. The van der Waals surface area contributed by atoms with E-state index in [4.69, 9.17) is 0 Å². The molecule has 0 aromatic rings. The Morgan fingerprint density at radius 3 is 1.61 bits per heavy atom. The number of likely N-dealkylation sites (tertiary alicyclic amines) is 1. The Bertz CT molecular complexity index is 328. The molecule has 0 atom stereocenters. The molecule has 1 nitrogen and oxygen atoms in total. The van der Waals surface area contributed by atoms with E-state index in [0.717, 1.165) is 6.54 Å². The van der Waals surface area contributed by atoms with E-state index in [0.29, 0.717) is 0 Å². The average Bonchev–Trinajstić information content (AvgIpc) is 2.77. The van der Waals surface area contributed by atoms with Crippen molar-refractivity contribution >= 4 is 0 Å². The molecule has 0 bridgehead atoms. The van der Waals surface area contributed by atoms with Crippen LogP contribution in [0.25, 0.3) is 0 Å². The van der Waals surface area contributed by atoms with Gasteiger partial charge in [-0.2, -0.15) is 0 Å². The summed E-state index contributed by atoms with van der Waals surface area (Å²) < 4.78 is 0. The topological polar surface area (TPSA) is 3.24 Å². The smallest absolute Gasteiger partial charge is 0.0193 e. The van der Waals surface area contributed by atoms with Gasteiger partial charge in [0.15, 0.2) is 0 Å². The van der Waals surface area contributed by atoms with Gasteiger partial charge in [-0.05, 0) is 60.5 Å². The van der Waals surface area contributed by atoms with E-state index in [1.54, 1.807) is 0 Å². The molecule has 0 unspecified atom stereocenters.